The van der Waals surface area contributed by atoms with Crippen molar-refractivity contribution in [2.45, 2.75) is 45.6 Å². The molecule has 6 heteroatoms. The Balaban J connectivity index is 2.46. The Bertz CT molecular complexity index is 412. The molecule has 0 aromatic heterocycles. The molecule has 0 aromatic rings. The van der Waals surface area contributed by atoms with Crippen LogP contribution in [0.2, 0.25) is 0 Å². The lowest BCUT2D eigenvalue weighted by molar-refractivity contribution is -0.134. The molecule has 0 aromatic carbocycles. The van der Waals surface area contributed by atoms with Crippen LogP contribution in [0.25, 0.3) is 0 Å². The molecule has 0 radical (unpaired) electrons. The van der Waals surface area contributed by atoms with Crippen molar-refractivity contribution in [3.63, 3.8) is 0 Å². The van der Waals surface area contributed by atoms with Gasteiger partial charge in [-0.2, -0.15) is 0 Å². The minimum Gasteiger partial charge on any atom is -0.341 e. The number of likely N-dealkylation sites (tertiary alicyclic amines) is 1. The minimum atomic E-state index is -3.06. The molecule has 0 bridgehead atoms. The van der Waals surface area contributed by atoms with Crippen LogP contribution in [0.5, 0.6) is 0 Å². The van der Waals surface area contributed by atoms with E-state index in [1.807, 2.05) is 0 Å². The van der Waals surface area contributed by atoms with E-state index in [1.54, 1.807) is 4.90 Å². The Hall–Kier alpha value is -0.620. The molecule has 1 fully saturated rings. The summed E-state index contributed by atoms with van der Waals surface area (Å²) in [7, 11) is -3.06. The summed E-state index contributed by atoms with van der Waals surface area (Å²) in [5.41, 5.74) is 6.13. The summed E-state index contributed by atoms with van der Waals surface area (Å²) in [5.74, 6) is -0.137. The van der Waals surface area contributed by atoms with Gasteiger partial charge in [0.05, 0.1) is 11.8 Å². The van der Waals surface area contributed by atoms with Crippen LogP contribution in [0.3, 0.4) is 0 Å². The zero-order chi connectivity index (χ0) is 14.7. The number of nitrogens with zero attached hydrogens (tertiary/aromatic N) is 1. The third-order valence-electron chi connectivity index (χ3n) is 4.25. The highest BCUT2D eigenvalue weighted by Gasteiger charge is 2.32. The molecule has 0 saturated carbocycles. The molecule has 1 aliphatic heterocycles. The van der Waals surface area contributed by atoms with E-state index in [4.69, 9.17) is 5.73 Å². The SMILES string of the molecule is CCC1(C)CCN(C(=O)C(N)CCS(C)(=O)=O)CC1. The predicted octanol–water partition coefficient (Wildman–Crippen LogP) is 0.787. The third kappa shape index (κ3) is 5.10. The summed E-state index contributed by atoms with van der Waals surface area (Å²) in [6.07, 6.45) is 4.48. The van der Waals surface area contributed by atoms with Gasteiger partial charge < -0.3 is 10.6 Å². The van der Waals surface area contributed by atoms with Crippen molar-refractivity contribution in [3.8, 4) is 0 Å². The molecule has 1 atom stereocenters. The second-order valence-corrected chi connectivity index (χ2v) is 8.27. The Kier molecular flexibility index (Phi) is 5.38. The molecule has 1 rings (SSSR count). The number of rotatable bonds is 5. The molecule has 0 aliphatic carbocycles. The van der Waals surface area contributed by atoms with E-state index in [0.717, 1.165) is 38.6 Å². The summed E-state index contributed by atoms with van der Waals surface area (Å²) in [4.78, 5) is 13.9. The normalized spacial score (nSPS) is 21.2. The monoisotopic (exact) mass is 290 g/mol. The Morgan fingerprint density at radius 1 is 1.37 bits per heavy atom. The summed E-state index contributed by atoms with van der Waals surface area (Å²) in [5, 5.41) is 0. The summed E-state index contributed by atoms with van der Waals surface area (Å²) in [6.45, 7) is 5.89. The molecular formula is C13H26N2O3S. The van der Waals surface area contributed by atoms with Crippen LogP contribution in [0.15, 0.2) is 0 Å². The van der Waals surface area contributed by atoms with Gasteiger partial charge in [-0.25, -0.2) is 8.42 Å². The van der Waals surface area contributed by atoms with Crippen LogP contribution >= 0.6 is 0 Å². The Labute approximate surface area is 116 Å². The second kappa shape index (κ2) is 6.22. The van der Waals surface area contributed by atoms with E-state index in [-0.39, 0.29) is 18.1 Å². The fraction of sp³-hybridized carbons (Fsp3) is 0.923. The predicted molar refractivity (Wildman–Crippen MR) is 76.5 cm³/mol. The summed E-state index contributed by atoms with van der Waals surface area (Å²) in [6, 6.07) is -0.694. The van der Waals surface area contributed by atoms with E-state index in [9.17, 15) is 13.2 Å². The lowest BCUT2D eigenvalue weighted by Crippen LogP contribution is -2.49. The molecule has 2 N–H and O–H groups in total. The number of carbonyl (C=O) groups excluding carboxylic acids is 1. The Morgan fingerprint density at radius 3 is 2.32 bits per heavy atom. The maximum Gasteiger partial charge on any atom is 0.239 e. The molecule has 1 amide bonds. The maximum atomic E-state index is 12.1. The van der Waals surface area contributed by atoms with Crippen molar-refractivity contribution in [2.75, 3.05) is 25.1 Å². The first kappa shape index (κ1) is 16.4. The average Bonchev–Trinajstić information content (AvgIpc) is 2.35. The van der Waals surface area contributed by atoms with E-state index in [2.05, 4.69) is 13.8 Å². The summed E-state index contributed by atoms with van der Waals surface area (Å²) >= 11 is 0. The van der Waals surface area contributed by atoms with Crippen LogP contribution in [0.4, 0.5) is 0 Å². The topological polar surface area (TPSA) is 80.5 Å². The van der Waals surface area contributed by atoms with Crippen molar-refractivity contribution >= 4 is 15.7 Å². The zero-order valence-corrected chi connectivity index (χ0v) is 13.0. The maximum absolute atomic E-state index is 12.1. The highest BCUT2D eigenvalue weighted by molar-refractivity contribution is 7.90. The van der Waals surface area contributed by atoms with Crippen LogP contribution < -0.4 is 5.73 Å². The van der Waals surface area contributed by atoms with E-state index < -0.39 is 15.9 Å². The van der Waals surface area contributed by atoms with Gasteiger partial charge in [-0.3, -0.25) is 4.79 Å². The number of hydrogen-bond acceptors (Lipinski definition) is 4. The van der Waals surface area contributed by atoms with Crippen LogP contribution in [-0.2, 0) is 14.6 Å². The van der Waals surface area contributed by atoms with Crippen LogP contribution in [0.1, 0.15) is 39.5 Å². The van der Waals surface area contributed by atoms with Crippen LogP contribution in [-0.4, -0.2) is 50.4 Å². The average molecular weight is 290 g/mol. The van der Waals surface area contributed by atoms with Crippen molar-refractivity contribution in [3.05, 3.63) is 0 Å². The quantitative estimate of drug-likeness (QED) is 0.811. The highest BCUT2D eigenvalue weighted by atomic mass is 32.2. The Morgan fingerprint density at radius 2 is 1.89 bits per heavy atom. The number of amides is 1. The molecule has 1 saturated heterocycles. The van der Waals surface area contributed by atoms with Gasteiger partial charge in [0.2, 0.25) is 5.91 Å². The van der Waals surface area contributed by atoms with Gasteiger partial charge >= 0.3 is 0 Å². The van der Waals surface area contributed by atoms with Crippen molar-refractivity contribution in [1.82, 2.24) is 4.90 Å². The number of hydrogen-bond donors (Lipinski definition) is 1. The van der Waals surface area contributed by atoms with Gasteiger partial charge in [-0.1, -0.05) is 20.3 Å². The zero-order valence-electron chi connectivity index (χ0n) is 12.2. The first-order valence-corrected chi connectivity index (χ1v) is 8.95. The van der Waals surface area contributed by atoms with E-state index >= 15 is 0 Å². The van der Waals surface area contributed by atoms with Gasteiger partial charge in [0, 0.05) is 19.3 Å². The lowest BCUT2D eigenvalue weighted by Gasteiger charge is -2.39. The fourth-order valence-corrected chi connectivity index (χ4v) is 3.00. The smallest absolute Gasteiger partial charge is 0.239 e. The first-order valence-electron chi connectivity index (χ1n) is 6.89. The first-order chi connectivity index (χ1) is 8.67. The fourth-order valence-electron chi connectivity index (χ4n) is 2.32. The molecule has 19 heavy (non-hydrogen) atoms. The molecular weight excluding hydrogens is 264 g/mol. The van der Waals surface area contributed by atoms with Gasteiger partial charge in [-0.15, -0.1) is 0 Å². The van der Waals surface area contributed by atoms with Gasteiger partial charge in [0.1, 0.15) is 9.84 Å². The van der Waals surface area contributed by atoms with Gasteiger partial charge in [-0.05, 0) is 24.7 Å². The number of piperidine rings is 1. The third-order valence-corrected chi connectivity index (χ3v) is 5.23. The standard InChI is InChI=1S/C13H26N2O3S/c1-4-13(2)6-8-15(9-7-13)12(16)11(14)5-10-19(3,17)18/h11H,4-10,14H2,1-3H3. The number of carbonyl (C=O) groups is 1. The van der Waals surface area contributed by atoms with Crippen molar-refractivity contribution in [2.24, 2.45) is 11.1 Å². The van der Waals surface area contributed by atoms with E-state index in [0.29, 0.717) is 5.41 Å². The molecule has 5 nitrogen and oxygen atoms in total. The van der Waals surface area contributed by atoms with E-state index in [1.165, 1.54) is 0 Å². The summed E-state index contributed by atoms with van der Waals surface area (Å²) < 4.78 is 22.2. The molecule has 112 valence electrons. The van der Waals surface area contributed by atoms with Crippen molar-refractivity contribution in [1.29, 1.82) is 0 Å². The minimum absolute atomic E-state index is 0.0274. The highest BCUT2D eigenvalue weighted by Crippen LogP contribution is 2.33. The lowest BCUT2D eigenvalue weighted by atomic mass is 9.78. The second-order valence-electron chi connectivity index (χ2n) is 6.01. The largest absolute Gasteiger partial charge is 0.341 e. The molecule has 1 aliphatic rings. The van der Waals surface area contributed by atoms with Crippen molar-refractivity contribution < 1.29 is 13.2 Å². The molecule has 1 heterocycles. The molecule has 0 spiro atoms. The van der Waals surface area contributed by atoms with Gasteiger partial charge in [0.15, 0.2) is 0 Å². The molecule has 1 unspecified atom stereocenters. The number of sulfone groups is 1. The van der Waals surface area contributed by atoms with Gasteiger partial charge in [0.25, 0.3) is 0 Å². The number of nitrogens with two attached hydrogens (primary N) is 1. The van der Waals surface area contributed by atoms with Crippen LogP contribution in [0, 0.1) is 5.41 Å².